The van der Waals surface area contributed by atoms with Crippen LogP contribution in [0.5, 0.6) is 0 Å². The predicted octanol–water partition coefficient (Wildman–Crippen LogP) is 1.88. The van der Waals surface area contributed by atoms with E-state index in [9.17, 15) is 8.42 Å². The topological polar surface area (TPSA) is 82.9 Å². The number of aromatic nitrogens is 1. The summed E-state index contributed by atoms with van der Waals surface area (Å²) in [7, 11) is -3.50. The van der Waals surface area contributed by atoms with E-state index in [-0.39, 0.29) is 12.3 Å². The standard InChI is InChI=1S/C15H15N3O2S/c1-12-6-7-13(9-17-12)10-18-21(19,20)11-15-5-3-2-4-14(15)8-16/h2-7,9,18H,10-11H2,1H3. The van der Waals surface area contributed by atoms with Gasteiger partial charge in [0.1, 0.15) is 0 Å². The largest absolute Gasteiger partial charge is 0.261 e. The number of nitrogens with zero attached hydrogens (tertiary/aromatic N) is 2. The average Bonchev–Trinajstić information content (AvgIpc) is 2.47. The van der Waals surface area contributed by atoms with Gasteiger partial charge in [-0.05, 0) is 30.2 Å². The third kappa shape index (κ3) is 4.38. The first-order valence-corrected chi connectivity index (χ1v) is 8.02. The van der Waals surface area contributed by atoms with Crippen LogP contribution in [0, 0.1) is 18.3 Å². The SMILES string of the molecule is Cc1ccc(CNS(=O)(=O)Cc2ccccc2C#N)cn1. The Morgan fingerprint density at radius 1 is 1.24 bits per heavy atom. The van der Waals surface area contributed by atoms with Gasteiger partial charge in [0.05, 0.1) is 17.4 Å². The predicted molar refractivity (Wildman–Crippen MR) is 79.6 cm³/mol. The summed E-state index contributed by atoms with van der Waals surface area (Å²) in [5, 5.41) is 8.98. The molecule has 21 heavy (non-hydrogen) atoms. The molecule has 108 valence electrons. The third-order valence-corrected chi connectivity index (χ3v) is 4.23. The van der Waals surface area contributed by atoms with Gasteiger partial charge in [-0.1, -0.05) is 24.3 Å². The van der Waals surface area contributed by atoms with Gasteiger partial charge in [0.2, 0.25) is 10.0 Å². The van der Waals surface area contributed by atoms with Crippen LogP contribution in [-0.4, -0.2) is 13.4 Å². The zero-order chi connectivity index (χ0) is 15.3. The molecular formula is C15H15N3O2S. The smallest absolute Gasteiger partial charge is 0.216 e. The van der Waals surface area contributed by atoms with Crippen LogP contribution in [0.4, 0.5) is 0 Å². The molecule has 0 atom stereocenters. The van der Waals surface area contributed by atoms with E-state index >= 15 is 0 Å². The summed E-state index contributed by atoms with van der Waals surface area (Å²) in [6.07, 6.45) is 1.64. The van der Waals surface area contributed by atoms with Crippen molar-refractivity contribution in [3.63, 3.8) is 0 Å². The van der Waals surface area contributed by atoms with Gasteiger partial charge >= 0.3 is 0 Å². The van der Waals surface area contributed by atoms with Crippen molar-refractivity contribution in [3.05, 3.63) is 65.0 Å². The molecule has 2 aromatic rings. The van der Waals surface area contributed by atoms with Crippen LogP contribution in [0.2, 0.25) is 0 Å². The summed E-state index contributed by atoms with van der Waals surface area (Å²) in [5.74, 6) is -0.212. The maximum Gasteiger partial charge on any atom is 0.216 e. The molecule has 6 heteroatoms. The molecule has 1 aromatic carbocycles. The Bertz CT molecular complexity index is 762. The minimum atomic E-state index is -3.50. The van der Waals surface area contributed by atoms with Crippen molar-refractivity contribution in [3.8, 4) is 6.07 Å². The monoisotopic (exact) mass is 301 g/mol. The highest BCUT2D eigenvalue weighted by molar-refractivity contribution is 7.88. The average molecular weight is 301 g/mol. The molecule has 2 rings (SSSR count). The van der Waals surface area contributed by atoms with Crippen LogP contribution in [0.15, 0.2) is 42.6 Å². The summed E-state index contributed by atoms with van der Waals surface area (Å²) >= 11 is 0. The molecule has 0 spiro atoms. The molecule has 1 heterocycles. The Labute approximate surface area is 124 Å². The molecule has 5 nitrogen and oxygen atoms in total. The van der Waals surface area contributed by atoms with Gasteiger partial charge in [-0.25, -0.2) is 13.1 Å². The van der Waals surface area contributed by atoms with E-state index in [1.807, 2.05) is 25.1 Å². The Balaban J connectivity index is 2.05. The fourth-order valence-corrected chi connectivity index (χ4v) is 2.96. The highest BCUT2D eigenvalue weighted by Crippen LogP contribution is 2.11. The Morgan fingerprint density at radius 3 is 2.67 bits per heavy atom. The van der Waals surface area contributed by atoms with Crippen LogP contribution in [-0.2, 0) is 22.3 Å². The van der Waals surface area contributed by atoms with E-state index in [4.69, 9.17) is 5.26 Å². The molecule has 0 saturated carbocycles. The van der Waals surface area contributed by atoms with Crippen molar-refractivity contribution < 1.29 is 8.42 Å². The summed E-state index contributed by atoms with van der Waals surface area (Å²) in [4.78, 5) is 4.11. The Hall–Kier alpha value is -2.23. The summed E-state index contributed by atoms with van der Waals surface area (Å²) in [6.45, 7) is 2.05. The number of hydrogen-bond donors (Lipinski definition) is 1. The Morgan fingerprint density at radius 2 is 2.00 bits per heavy atom. The number of hydrogen-bond acceptors (Lipinski definition) is 4. The lowest BCUT2D eigenvalue weighted by molar-refractivity contribution is 0.580. The van der Waals surface area contributed by atoms with Crippen LogP contribution in [0.25, 0.3) is 0 Å². The van der Waals surface area contributed by atoms with Gasteiger partial charge < -0.3 is 0 Å². The zero-order valence-corrected chi connectivity index (χ0v) is 12.4. The lowest BCUT2D eigenvalue weighted by atomic mass is 10.1. The molecule has 0 aliphatic heterocycles. The number of nitrogens with one attached hydrogen (secondary N) is 1. The molecule has 0 aliphatic rings. The fraction of sp³-hybridized carbons (Fsp3) is 0.200. The van der Waals surface area contributed by atoms with Gasteiger partial charge in [-0.2, -0.15) is 5.26 Å². The Kier molecular flexibility index (Phi) is 4.68. The third-order valence-electron chi connectivity index (χ3n) is 2.95. The van der Waals surface area contributed by atoms with Crippen LogP contribution < -0.4 is 4.72 Å². The fourth-order valence-electron chi connectivity index (χ4n) is 1.81. The lowest BCUT2D eigenvalue weighted by Gasteiger charge is -2.08. The quantitative estimate of drug-likeness (QED) is 0.914. The van der Waals surface area contributed by atoms with Crippen LogP contribution in [0.1, 0.15) is 22.4 Å². The first-order chi connectivity index (χ1) is 10.00. The number of sulfonamides is 1. The van der Waals surface area contributed by atoms with E-state index in [2.05, 4.69) is 9.71 Å². The molecule has 1 aromatic heterocycles. The van der Waals surface area contributed by atoms with E-state index < -0.39 is 10.0 Å². The van der Waals surface area contributed by atoms with E-state index in [0.29, 0.717) is 11.1 Å². The lowest BCUT2D eigenvalue weighted by Crippen LogP contribution is -2.25. The van der Waals surface area contributed by atoms with Crippen molar-refractivity contribution in [2.45, 2.75) is 19.2 Å². The van der Waals surface area contributed by atoms with Crippen LogP contribution in [0.3, 0.4) is 0 Å². The molecule has 0 amide bonds. The van der Waals surface area contributed by atoms with Gasteiger partial charge in [0.25, 0.3) is 0 Å². The molecule has 0 saturated heterocycles. The summed E-state index contributed by atoms with van der Waals surface area (Å²) < 4.78 is 26.7. The van der Waals surface area contributed by atoms with Crippen molar-refractivity contribution in [2.75, 3.05) is 0 Å². The van der Waals surface area contributed by atoms with Gasteiger partial charge in [-0.3, -0.25) is 4.98 Å². The number of benzene rings is 1. The van der Waals surface area contributed by atoms with E-state index in [1.165, 1.54) is 0 Å². The van der Waals surface area contributed by atoms with Gasteiger partial charge in [-0.15, -0.1) is 0 Å². The zero-order valence-electron chi connectivity index (χ0n) is 11.6. The van der Waals surface area contributed by atoms with Crippen molar-refractivity contribution >= 4 is 10.0 Å². The number of aryl methyl sites for hydroxylation is 1. The summed E-state index contributed by atoms with van der Waals surface area (Å²) in [6, 6.07) is 12.3. The van der Waals surface area contributed by atoms with Gasteiger partial charge in [0, 0.05) is 18.4 Å². The number of rotatable bonds is 5. The molecule has 1 N–H and O–H groups in total. The molecular weight excluding hydrogens is 286 g/mol. The van der Waals surface area contributed by atoms with E-state index in [1.54, 1.807) is 30.5 Å². The van der Waals surface area contributed by atoms with Crippen molar-refractivity contribution in [1.82, 2.24) is 9.71 Å². The molecule has 0 aliphatic carbocycles. The first kappa shape index (κ1) is 15.2. The normalized spacial score (nSPS) is 11.0. The van der Waals surface area contributed by atoms with Gasteiger partial charge in [0.15, 0.2) is 0 Å². The minimum absolute atomic E-state index is 0.185. The highest BCUT2D eigenvalue weighted by atomic mass is 32.2. The molecule has 0 radical (unpaired) electrons. The molecule has 0 bridgehead atoms. The first-order valence-electron chi connectivity index (χ1n) is 6.37. The van der Waals surface area contributed by atoms with Crippen molar-refractivity contribution in [2.24, 2.45) is 0 Å². The molecule has 0 unspecified atom stereocenters. The number of nitriles is 1. The van der Waals surface area contributed by atoms with Crippen molar-refractivity contribution in [1.29, 1.82) is 5.26 Å². The second kappa shape index (κ2) is 6.48. The van der Waals surface area contributed by atoms with E-state index in [0.717, 1.165) is 11.3 Å². The highest BCUT2D eigenvalue weighted by Gasteiger charge is 2.13. The maximum absolute atomic E-state index is 12.1. The maximum atomic E-state index is 12.1. The number of pyridine rings is 1. The van der Waals surface area contributed by atoms with Crippen LogP contribution >= 0.6 is 0 Å². The second-order valence-electron chi connectivity index (χ2n) is 4.66. The summed E-state index contributed by atoms with van der Waals surface area (Å²) in [5.41, 5.74) is 2.54. The minimum Gasteiger partial charge on any atom is -0.261 e. The second-order valence-corrected chi connectivity index (χ2v) is 6.46. The molecule has 0 fully saturated rings.